The molecule has 2 aromatic rings. The van der Waals surface area contributed by atoms with Crippen molar-refractivity contribution >= 4 is 16.6 Å². The first-order valence-corrected chi connectivity index (χ1v) is 7.38. The van der Waals surface area contributed by atoms with Crippen LogP contribution in [0.15, 0.2) is 29.1 Å². The predicted molar refractivity (Wildman–Crippen MR) is 79.8 cm³/mol. The van der Waals surface area contributed by atoms with Gasteiger partial charge in [-0.2, -0.15) is 0 Å². The van der Waals surface area contributed by atoms with Crippen molar-refractivity contribution < 1.29 is 13.5 Å². The lowest BCUT2D eigenvalue weighted by Crippen LogP contribution is -2.44. The summed E-state index contributed by atoms with van der Waals surface area (Å²) in [6, 6.07) is 6.28. The third-order valence-electron chi connectivity index (χ3n) is 4.52. The van der Waals surface area contributed by atoms with E-state index in [0.29, 0.717) is 11.2 Å². The lowest BCUT2D eigenvalue weighted by atomic mass is 10.0. The molecule has 4 nitrogen and oxygen atoms in total. The molecule has 1 aliphatic carbocycles. The maximum Gasteiger partial charge on any atom is 0.301 e. The van der Waals surface area contributed by atoms with Gasteiger partial charge in [-0.05, 0) is 24.8 Å². The maximum absolute atomic E-state index is 14.3. The number of alkyl halides is 2. The number of rotatable bonds is 1. The second-order valence-corrected chi connectivity index (χ2v) is 6.09. The van der Waals surface area contributed by atoms with Crippen LogP contribution in [0.1, 0.15) is 12.8 Å². The van der Waals surface area contributed by atoms with E-state index in [4.69, 9.17) is 4.74 Å². The van der Waals surface area contributed by atoms with Crippen molar-refractivity contribution in [1.82, 2.24) is 4.57 Å². The first kappa shape index (κ1) is 13.5. The topological polar surface area (TPSA) is 43.3 Å². The van der Waals surface area contributed by atoms with Crippen LogP contribution in [0.3, 0.4) is 0 Å². The van der Waals surface area contributed by atoms with Gasteiger partial charge in [0.25, 0.3) is 5.56 Å². The highest BCUT2D eigenvalue weighted by atomic mass is 19.3. The number of ether oxygens (including phenoxy) is 1. The van der Waals surface area contributed by atoms with E-state index in [0.717, 1.165) is 18.2 Å². The van der Waals surface area contributed by atoms with Crippen LogP contribution in [0.2, 0.25) is 0 Å². The van der Waals surface area contributed by atoms with Crippen molar-refractivity contribution in [3.05, 3.63) is 34.6 Å². The van der Waals surface area contributed by atoms with Gasteiger partial charge in [0.15, 0.2) is 6.61 Å². The highest BCUT2D eigenvalue weighted by Gasteiger charge is 2.51. The Balaban J connectivity index is 1.97. The molecular weight excluding hydrogens is 290 g/mol. The first-order chi connectivity index (χ1) is 10.5. The number of benzene rings is 1. The number of pyridine rings is 1. The second kappa shape index (κ2) is 4.44. The number of aryl methyl sites for hydroxylation is 1. The van der Waals surface area contributed by atoms with Crippen LogP contribution in [0.25, 0.3) is 10.9 Å². The zero-order chi connectivity index (χ0) is 15.5. The molecule has 1 N–H and O–H groups in total. The maximum atomic E-state index is 14.3. The summed E-state index contributed by atoms with van der Waals surface area (Å²) in [6.45, 7) is -0.762. The van der Waals surface area contributed by atoms with Crippen LogP contribution < -0.4 is 15.6 Å². The van der Waals surface area contributed by atoms with Crippen molar-refractivity contribution in [2.75, 3.05) is 11.9 Å². The number of aromatic nitrogens is 1. The van der Waals surface area contributed by atoms with E-state index >= 15 is 0 Å². The van der Waals surface area contributed by atoms with Gasteiger partial charge in [0.05, 0.1) is 17.2 Å². The Morgan fingerprint density at radius 2 is 2.05 bits per heavy atom. The van der Waals surface area contributed by atoms with E-state index in [-0.39, 0.29) is 11.7 Å². The van der Waals surface area contributed by atoms with Gasteiger partial charge in [-0.1, -0.05) is 18.2 Å². The second-order valence-electron chi connectivity index (χ2n) is 6.09. The van der Waals surface area contributed by atoms with E-state index < -0.39 is 24.1 Å². The number of nitrogens with zero attached hydrogens (tertiary/aromatic N) is 1. The smallest absolute Gasteiger partial charge is 0.301 e. The number of hydrogen-bond donors (Lipinski definition) is 1. The van der Waals surface area contributed by atoms with Crippen LogP contribution >= 0.6 is 0 Å². The van der Waals surface area contributed by atoms with E-state index in [9.17, 15) is 13.6 Å². The standard InChI is InChI=1S/C16H16F2N2O2/c1-20-11-5-3-2-4-10(11)12-13(15(20)21)22-8-16(17,18)14(19-12)9-6-7-9/h2-5,9,14,19H,6-8H2,1H3. The van der Waals surface area contributed by atoms with Crippen LogP contribution in [0, 0.1) is 5.92 Å². The summed E-state index contributed by atoms with van der Waals surface area (Å²) >= 11 is 0. The third-order valence-corrected chi connectivity index (χ3v) is 4.52. The molecule has 4 rings (SSSR count). The molecule has 116 valence electrons. The monoisotopic (exact) mass is 306 g/mol. The summed E-state index contributed by atoms with van der Waals surface area (Å²) in [7, 11) is 1.62. The van der Waals surface area contributed by atoms with Gasteiger partial charge < -0.3 is 14.6 Å². The molecular formula is C16H16F2N2O2. The van der Waals surface area contributed by atoms with Gasteiger partial charge in [-0.3, -0.25) is 4.79 Å². The molecule has 0 radical (unpaired) electrons. The van der Waals surface area contributed by atoms with Crippen LogP contribution in [0.4, 0.5) is 14.5 Å². The number of hydrogen-bond acceptors (Lipinski definition) is 3. The Hall–Kier alpha value is -2.11. The fraction of sp³-hybridized carbons (Fsp3) is 0.438. The normalized spacial score (nSPS) is 23.3. The van der Waals surface area contributed by atoms with Gasteiger partial charge in [0, 0.05) is 12.4 Å². The Bertz CT molecular complexity index is 812. The zero-order valence-electron chi connectivity index (χ0n) is 12.1. The molecule has 2 aliphatic rings. The molecule has 1 aromatic heterocycles. The summed E-state index contributed by atoms with van der Waals surface area (Å²) in [5.74, 6) is -3.07. The Kier molecular flexibility index (Phi) is 2.74. The summed E-state index contributed by atoms with van der Waals surface area (Å²) < 4.78 is 35.3. The molecule has 22 heavy (non-hydrogen) atoms. The van der Waals surface area contributed by atoms with Gasteiger partial charge in [0.2, 0.25) is 5.75 Å². The van der Waals surface area contributed by atoms with Crippen LogP contribution in [-0.2, 0) is 7.05 Å². The number of halogens is 2. The van der Waals surface area contributed by atoms with E-state index in [1.807, 2.05) is 18.2 Å². The minimum atomic E-state index is -2.99. The molecule has 1 atom stereocenters. The molecule has 0 bridgehead atoms. The first-order valence-electron chi connectivity index (χ1n) is 7.38. The van der Waals surface area contributed by atoms with Crippen molar-refractivity contribution in [3.8, 4) is 5.75 Å². The van der Waals surface area contributed by atoms with Crippen molar-refractivity contribution in [3.63, 3.8) is 0 Å². The average Bonchev–Trinajstić information content (AvgIpc) is 3.32. The number of nitrogens with one attached hydrogen (secondary N) is 1. The molecule has 2 heterocycles. The summed E-state index contributed by atoms with van der Waals surface area (Å²) in [6.07, 6.45) is 1.57. The number of anilines is 1. The lowest BCUT2D eigenvalue weighted by Gasteiger charge is -2.25. The number of para-hydroxylation sites is 1. The molecule has 0 spiro atoms. The average molecular weight is 306 g/mol. The van der Waals surface area contributed by atoms with Crippen molar-refractivity contribution in [2.24, 2.45) is 13.0 Å². The Morgan fingerprint density at radius 1 is 1.32 bits per heavy atom. The van der Waals surface area contributed by atoms with E-state index in [1.165, 1.54) is 4.57 Å². The largest absolute Gasteiger partial charge is 0.480 e. The molecule has 0 amide bonds. The SMILES string of the molecule is Cn1c(=O)c2c(c3ccccc31)NC(C1CC1)C(F)(F)CO2. The van der Waals surface area contributed by atoms with Gasteiger partial charge >= 0.3 is 5.92 Å². The molecule has 1 unspecified atom stereocenters. The fourth-order valence-corrected chi connectivity index (χ4v) is 3.16. The predicted octanol–water partition coefficient (Wildman–Crippen LogP) is 2.76. The van der Waals surface area contributed by atoms with E-state index in [1.54, 1.807) is 13.1 Å². The highest BCUT2D eigenvalue weighted by Crippen LogP contribution is 2.45. The molecule has 0 saturated heterocycles. The quantitative estimate of drug-likeness (QED) is 0.881. The molecule has 1 aromatic carbocycles. The van der Waals surface area contributed by atoms with Crippen LogP contribution in [-0.4, -0.2) is 23.1 Å². The van der Waals surface area contributed by atoms with Crippen LogP contribution in [0.5, 0.6) is 5.75 Å². The van der Waals surface area contributed by atoms with Gasteiger partial charge in [-0.25, -0.2) is 8.78 Å². The minimum Gasteiger partial charge on any atom is -0.480 e. The third kappa shape index (κ3) is 1.90. The molecule has 6 heteroatoms. The van der Waals surface area contributed by atoms with E-state index in [2.05, 4.69) is 5.32 Å². The fourth-order valence-electron chi connectivity index (χ4n) is 3.16. The summed E-state index contributed by atoms with van der Waals surface area (Å²) in [5.41, 5.74) is 0.698. The molecule has 1 fully saturated rings. The van der Waals surface area contributed by atoms with Gasteiger partial charge in [0.1, 0.15) is 0 Å². The minimum absolute atomic E-state index is 0.0102. The Morgan fingerprint density at radius 3 is 2.77 bits per heavy atom. The van der Waals surface area contributed by atoms with Crippen molar-refractivity contribution in [1.29, 1.82) is 0 Å². The Labute approximate surface area is 125 Å². The van der Waals surface area contributed by atoms with Gasteiger partial charge in [-0.15, -0.1) is 0 Å². The number of fused-ring (bicyclic) bond motifs is 3. The molecule has 1 saturated carbocycles. The summed E-state index contributed by atoms with van der Waals surface area (Å²) in [4.78, 5) is 12.4. The zero-order valence-corrected chi connectivity index (χ0v) is 12.1. The molecule has 1 aliphatic heterocycles. The summed E-state index contributed by atoms with van der Waals surface area (Å²) in [5, 5.41) is 3.66. The lowest BCUT2D eigenvalue weighted by molar-refractivity contribution is -0.0579. The highest BCUT2D eigenvalue weighted by molar-refractivity contribution is 5.95. The van der Waals surface area contributed by atoms with Crippen molar-refractivity contribution in [2.45, 2.75) is 24.8 Å².